The number of amides is 1. The van der Waals surface area contributed by atoms with Crippen molar-refractivity contribution in [1.82, 2.24) is 0 Å². The number of rotatable bonds is 1. The molecule has 0 fully saturated rings. The van der Waals surface area contributed by atoms with Crippen molar-refractivity contribution in [2.75, 3.05) is 0 Å². The Balaban J connectivity index is 3.60. The van der Waals surface area contributed by atoms with Crippen LogP contribution in [0, 0.1) is 3.57 Å². The molecule has 0 saturated carbocycles. The highest BCUT2D eigenvalue weighted by Gasteiger charge is 2.40. The van der Waals surface area contributed by atoms with E-state index < -0.39 is 38.5 Å². The molecular formula is C9H4F6INO. The minimum absolute atomic E-state index is 0.118. The number of hydrogen-bond donors (Lipinski definition) is 1. The molecule has 0 saturated heterocycles. The lowest BCUT2D eigenvalue weighted by atomic mass is 10.0. The van der Waals surface area contributed by atoms with Crippen LogP contribution in [0.25, 0.3) is 0 Å². The number of alkyl halides is 6. The summed E-state index contributed by atoms with van der Waals surface area (Å²) in [6, 6.07) is 0.371. The fourth-order valence-electron chi connectivity index (χ4n) is 1.23. The van der Waals surface area contributed by atoms with Gasteiger partial charge in [0.05, 0.1) is 16.7 Å². The Morgan fingerprint density at radius 2 is 1.44 bits per heavy atom. The van der Waals surface area contributed by atoms with Crippen LogP contribution in [0.3, 0.4) is 0 Å². The Morgan fingerprint density at radius 1 is 1.00 bits per heavy atom. The highest BCUT2D eigenvalue weighted by Crippen LogP contribution is 2.39. The van der Waals surface area contributed by atoms with Gasteiger partial charge in [-0.15, -0.1) is 0 Å². The van der Waals surface area contributed by atoms with Crippen LogP contribution in [-0.4, -0.2) is 5.91 Å². The van der Waals surface area contributed by atoms with Gasteiger partial charge in [-0.05, 0) is 34.7 Å². The summed E-state index contributed by atoms with van der Waals surface area (Å²) in [4.78, 5) is 10.8. The standard InChI is InChI=1S/C9H4F6INO/c10-8(11,12)4-2-6(16)5(9(13,14)15)1-3(4)7(17)18/h1-2H,(H2,17,18). The maximum atomic E-state index is 12.5. The second-order valence-electron chi connectivity index (χ2n) is 3.24. The maximum absolute atomic E-state index is 12.5. The van der Waals surface area contributed by atoms with Gasteiger partial charge in [0.15, 0.2) is 0 Å². The molecule has 0 unspecified atom stereocenters. The maximum Gasteiger partial charge on any atom is 0.417 e. The van der Waals surface area contributed by atoms with E-state index in [4.69, 9.17) is 0 Å². The van der Waals surface area contributed by atoms with Gasteiger partial charge in [0, 0.05) is 3.57 Å². The first-order valence-electron chi connectivity index (χ1n) is 4.22. The van der Waals surface area contributed by atoms with Gasteiger partial charge in [-0.1, -0.05) is 0 Å². The molecule has 0 radical (unpaired) electrons. The van der Waals surface area contributed by atoms with Gasteiger partial charge >= 0.3 is 12.4 Å². The normalized spacial score (nSPS) is 12.6. The van der Waals surface area contributed by atoms with Gasteiger partial charge < -0.3 is 5.73 Å². The van der Waals surface area contributed by atoms with E-state index in [-0.39, 0.29) is 12.1 Å². The summed E-state index contributed by atoms with van der Waals surface area (Å²) in [5, 5.41) is 0. The highest BCUT2D eigenvalue weighted by molar-refractivity contribution is 14.1. The third-order valence-corrected chi connectivity index (χ3v) is 2.88. The van der Waals surface area contributed by atoms with Crippen molar-refractivity contribution in [3.05, 3.63) is 32.4 Å². The lowest BCUT2D eigenvalue weighted by molar-refractivity contribution is -0.142. The monoisotopic (exact) mass is 383 g/mol. The first kappa shape index (κ1) is 15.1. The summed E-state index contributed by atoms with van der Waals surface area (Å²) in [5.74, 6) is -1.57. The Bertz CT molecular complexity index is 493. The number of benzene rings is 1. The second-order valence-corrected chi connectivity index (χ2v) is 4.40. The molecule has 0 atom stereocenters. The largest absolute Gasteiger partial charge is 0.417 e. The summed E-state index contributed by atoms with van der Waals surface area (Å²) in [6.07, 6.45) is -9.81. The summed E-state index contributed by atoms with van der Waals surface area (Å²) in [5.41, 5.74) is 0.658. The number of nitrogens with two attached hydrogens (primary N) is 1. The van der Waals surface area contributed by atoms with Crippen LogP contribution in [-0.2, 0) is 12.4 Å². The molecule has 0 aliphatic rings. The van der Waals surface area contributed by atoms with Gasteiger partial charge in [-0.25, -0.2) is 0 Å². The van der Waals surface area contributed by atoms with Crippen molar-refractivity contribution in [1.29, 1.82) is 0 Å². The van der Waals surface area contributed by atoms with Crippen molar-refractivity contribution in [2.24, 2.45) is 5.73 Å². The third kappa shape index (κ3) is 3.06. The Morgan fingerprint density at radius 3 is 1.78 bits per heavy atom. The number of halogens is 7. The van der Waals surface area contributed by atoms with Crippen molar-refractivity contribution in [3.63, 3.8) is 0 Å². The predicted octanol–water partition coefficient (Wildman–Crippen LogP) is 3.43. The topological polar surface area (TPSA) is 43.1 Å². The quantitative estimate of drug-likeness (QED) is 0.586. The Labute approximate surface area is 110 Å². The summed E-state index contributed by atoms with van der Waals surface area (Å²) >= 11 is 1.12. The molecule has 1 rings (SSSR count). The van der Waals surface area contributed by atoms with Crippen LogP contribution in [0.2, 0.25) is 0 Å². The van der Waals surface area contributed by atoms with Crippen molar-refractivity contribution in [2.45, 2.75) is 12.4 Å². The second kappa shape index (κ2) is 4.59. The Kier molecular flexibility index (Phi) is 3.84. The molecular weight excluding hydrogens is 379 g/mol. The molecule has 0 aliphatic heterocycles. The SMILES string of the molecule is NC(=O)c1cc(C(F)(F)F)c(I)cc1C(F)(F)F. The molecule has 100 valence electrons. The van der Waals surface area contributed by atoms with E-state index >= 15 is 0 Å². The number of carbonyl (C=O) groups excluding carboxylic acids is 1. The van der Waals surface area contributed by atoms with E-state index in [0.29, 0.717) is 0 Å². The third-order valence-electron chi connectivity index (χ3n) is 1.98. The lowest BCUT2D eigenvalue weighted by Crippen LogP contribution is -2.21. The van der Waals surface area contributed by atoms with Crippen LogP contribution in [0.15, 0.2) is 12.1 Å². The molecule has 18 heavy (non-hydrogen) atoms. The average molecular weight is 383 g/mol. The van der Waals surface area contributed by atoms with Crippen molar-refractivity contribution in [3.8, 4) is 0 Å². The summed E-state index contributed by atoms with van der Waals surface area (Å²) in [7, 11) is 0. The molecule has 1 amide bonds. The zero-order valence-electron chi connectivity index (χ0n) is 8.29. The van der Waals surface area contributed by atoms with Gasteiger partial charge in [0.25, 0.3) is 0 Å². The zero-order valence-corrected chi connectivity index (χ0v) is 10.4. The lowest BCUT2D eigenvalue weighted by Gasteiger charge is -2.15. The minimum Gasteiger partial charge on any atom is -0.366 e. The Hall–Kier alpha value is -1.00. The van der Waals surface area contributed by atoms with Gasteiger partial charge in [0.2, 0.25) is 5.91 Å². The number of hydrogen-bond acceptors (Lipinski definition) is 1. The zero-order chi connectivity index (χ0) is 14.3. The fourth-order valence-corrected chi connectivity index (χ4v) is 2.00. The molecule has 0 aliphatic carbocycles. The summed E-state index contributed by atoms with van der Waals surface area (Å²) < 4.78 is 74.4. The number of primary amides is 1. The molecule has 2 N–H and O–H groups in total. The molecule has 2 nitrogen and oxygen atoms in total. The minimum atomic E-state index is -4.95. The van der Waals surface area contributed by atoms with E-state index in [1.54, 1.807) is 0 Å². The molecule has 0 bridgehead atoms. The first-order valence-corrected chi connectivity index (χ1v) is 5.30. The first-order chi connectivity index (χ1) is 7.94. The molecule has 1 aromatic carbocycles. The van der Waals surface area contributed by atoms with Gasteiger partial charge in [-0.2, -0.15) is 26.3 Å². The van der Waals surface area contributed by atoms with Crippen LogP contribution < -0.4 is 5.73 Å². The van der Waals surface area contributed by atoms with Crippen molar-refractivity contribution < 1.29 is 31.1 Å². The van der Waals surface area contributed by atoms with Crippen LogP contribution in [0.1, 0.15) is 21.5 Å². The fraction of sp³-hybridized carbons (Fsp3) is 0.222. The molecule has 1 aromatic rings. The molecule has 0 spiro atoms. The number of carbonyl (C=O) groups is 1. The molecule has 9 heteroatoms. The van der Waals surface area contributed by atoms with E-state index in [1.165, 1.54) is 0 Å². The van der Waals surface area contributed by atoms with Crippen LogP contribution in [0.5, 0.6) is 0 Å². The van der Waals surface area contributed by atoms with Gasteiger partial charge in [-0.3, -0.25) is 4.79 Å². The van der Waals surface area contributed by atoms with E-state index in [1.807, 2.05) is 0 Å². The predicted molar refractivity (Wildman–Crippen MR) is 57.7 cm³/mol. The highest BCUT2D eigenvalue weighted by atomic mass is 127. The van der Waals surface area contributed by atoms with E-state index in [0.717, 1.165) is 22.6 Å². The summed E-state index contributed by atoms with van der Waals surface area (Å²) in [6.45, 7) is 0. The van der Waals surface area contributed by atoms with Gasteiger partial charge in [0.1, 0.15) is 0 Å². The van der Waals surface area contributed by atoms with E-state index in [9.17, 15) is 31.1 Å². The van der Waals surface area contributed by atoms with Crippen LogP contribution in [0.4, 0.5) is 26.3 Å². The smallest absolute Gasteiger partial charge is 0.366 e. The van der Waals surface area contributed by atoms with Crippen LogP contribution >= 0.6 is 22.6 Å². The molecule has 0 heterocycles. The van der Waals surface area contributed by atoms with E-state index in [2.05, 4.69) is 5.73 Å². The molecule has 0 aromatic heterocycles. The van der Waals surface area contributed by atoms with Crippen molar-refractivity contribution >= 4 is 28.5 Å². The average Bonchev–Trinajstić information content (AvgIpc) is 2.13.